The molecule has 4 nitrogen and oxygen atoms in total. The Bertz CT molecular complexity index is 368. The van der Waals surface area contributed by atoms with E-state index in [2.05, 4.69) is 6.92 Å². The molecule has 2 unspecified atom stereocenters. The van der Waals surface area contributed by atoms with E-state index in [0.29, 0.717) is 12.8 Å². The number of hydrogen-bond acceptors (Lipinski definition) is 4. The number of unbranched alkanes of at least 4 members (excludes halogenated alkanes) is 6. The molecular weight excluding hydrogens is 303 g/mol. The van der Waals surface area contributed by atoms with Crippen molar-refractivity contribution in [3.8, 4) is 0 Å². The van der Waals surface area contributed by atoms with E-state index in [4.69, 9.17) is 4.74 Å². The maximum Gasteiger partial charge on any atom is 1.00 e. The number of aliphatic carboxylic acids is 1. The second kappa shape index (κ2) is 14.1. The number of esters is 1. The first-order valence-corrected chi connectivity index (χ1v) is 8.73. The fraction of sp³-hybridized carbons (Fsp3) is 0.778. The van der Waals surface area contributed by atoms with Gasteiger partial charge in [0.1, 0.15) is 0 Å². The molecule has 0 spiro atoms. The molecule has 126 valence electrons. The van der Waals surface area contributed by atoms with Crippen LogP contribution in [0.15, 0.2) is 12.3 Å². The fourth-order valence-corrected chi connectivity index (χ4v) is 3.01. The van der Waals surface area contributed by atoms with Crippen molar-refractivity contribution in [3.05, 3.63) is 12.3 Å². The van der Waals surface area contributed by atoms with Gasteiger partial charge in [0.2, 0.25) is 0 Å². The molecule has 0 aromatic carbocycles. The Morgan fingerprint density at radius 2 is 1.65 bits per heavy atom. The molecule has 0 aromatic heterocycles. The summed E-state index contributed by atoms with van der Waals surface area (Å²) in [6.45, 7) is 2.20. The molecule has 0 bridgehead atoms. The molecule has 0 amide bonds. The first-order chi connectivity index (χ1) is 10.7. The van der Waals surface area contributed by atoms with Crippen LogP contribution >= 0.6 is 0 Å². The SMILES string of the molecule is CCCCCCCC/C=C/OC(=O)C1CCCCC1C(=O)[O-].[Na+]. The predicted molar refractivity (Wildman–Crippen MR) is 83.7 cm³/mol. The third kappa shape index (κ3) is 9.53. The predicted octanol–water partition coefficient (Wildman–Crippen LogP) is 0.354. The summed E-state index contributed by atoms with van der Waals surface area (Å²) >= 11 is 0. The average Bonchev–Trinajstić information content (AvgIpc) is 2.53. The van der Waals surface area contributed by atoms with Crippen LogP contribution in [0, 0.1) is 11.8 Å². The minimum atomic E-state index is -1.13. The molecule has 0 aromatic rings. The number of allylic oxidation sites excluding steroid dienone is 1. The quantitative estimate of drug-likeness (QED) is 0.251. The summed E-state index contributed by atoms with van der Waals surface area (Å²) in [5, 5.41) is 11.1. The first-order valence-electron chi connectivity index (χ1n) is 8.73. The van der Waals surface area contributed by atoms with Gasteiger partial charge in [-0.05, 0) is 31.8 Å². The van der Waals surface area contributed by atoms with Gasteiger partial charge < -0.3 is 14.6 Å². The zero-order valence-corrected chi connectivity index (χ0v) is 16.7. The van der Waals surface area contributed by atoms with Gasteiger partial charge in [0.05, 0.1) is 12.2 Å². The molecule has 1 aliphatic carbocycles. The van der Waals surface area contributed by atoms with Crippen molar-refractivity contribution in [2.75, 3.05) is 0 Å². The van der Waals surface area contributed by atoms with E-state index in [0.717, 1.165) is 25.7 Å². The minimum absolute atomic E-state index is 0. The van der Waals surface area contributed by atoms with Crippen LogP contribution in [-0.4, -0.2) is 11.9 Å². The molecule has 1 aliphatic rings. The Morgan fingerprint density at radius 3 is 2.30 bits per heavy atom. The zero-order valence-electron chi connectivity index (χ0n) is 14.7. The second-order valence-electron chi connectivity index (χ2n) is 6.18. The van der Waals surface area contributed by atoms with Gasteiger partial charge in [-0.25, -0.2) is 0 Å². The Kier molecular flexibility index (Phi) is 13.9. The molecule has 23 heavy (non-hydrogen) atoms. The number of ether oxygens (including phenoxy) is 1. The van der Waals surface area contributed by atoms with E-state index in [1.165, 1.54) is 38.4 Å². The average molecular weight is 332 g/mol. The van der Waals surface area contributed by atoms with Crippen LogP contribution in [0.5, 0.6) is 0 Å². The largest absolute Gasteiger partial charge is 1.00 e. The molecule has 2 atom stereocenters. The second-order valence-corrected chi connectivity index (χ2v) is 6.18. The summed E-state index contributed by atoms with van der Waals surface area (Å²) in [4.78, 5) is 23.0. The van der Waals surface area contributed by atoms with E-state index in [1.54, 1.807) is 0 Å². The Hall–Kier alpha value is -0.320. The first kappa shape index (κ1) is 22.7. The van der Waals surface area contributed by atoms with E-state index in [9.17, 15) is 14.7 Å². The van der Waals surface area contributed by atoms with E-state index < -0.39 is 23.8 Å². The van der Waals surface area contributed by atoms with E-state index >= 15 is 0 Å². The number of carbonyl (C=O) groups excluding carboxylic acids is 2. The van der Waals surface area contributed by atoms with Crippen molar-refractivity contribution in [1.29, 1.82) is 0 Å². The summed E-state index contributed by atoms with van der Waals surface area (Å²) in [7, 11) is 0. The molecule has 1 fully saturated rings. The summed E-state index contributed by atoms with van der Waals surface area (Å²) in [5.74, 6) is -2.78. The Balaban J connectivity index is 0.00000484. The van der Waals surface area contributed by atoms with Gasteiger partial charge in [0, 0.05) is 11.9 Å². The number of carbonyl (C=O) groups is 2. The van der Waals surface area contributed by atoms with Gasteiger partial charge in [0.15, 0.2) is 0 Å². The van der Waals surface area contributed by atoms with Crippen LogP contribution in [-0.2, 0) is 14.3 Å². The van der Waals surface area contributed by atoms with Gasteiger partial charge in [-0.2, -0.15) is 0 Å². The van der Waals surface area contributed by atoms with Crippen molar-refractivity contribution in [2.24, 2.45) is 11.8 Å². The summed E-state index contributed by atoms with van der Waals surface area (Å²) < 4.78 is 5.10. The van der Waals surface area contributed by atoms with Crippen molar-refractivity contribution in [2.45, 2.75) is 77.6 Å². The third-order valence-corrected chi connectivity index (χ3v) is 4.38. The number of carboxylic acid groups (broad SMARTS) is 1. The molecule has 0 radical (unpaired) electrons. The maximum absolute atomic E-state index is 12.0. The Morgan fingerprint density at radius 1 is 1.04 bits per heavy atom. The molecule has 0 aliphatic heterocycles. The van der Waals surface area contributed by atoms with Crippen molar-refractivity contribution >= 4 is 11.9 Å². The molecule has 1 saturated carbocycles. The van der Waals surface area contributed by atoms with Crippen LogP contribution < -0.4 is 34.7 Å². The fourth-order valence-electron chi connectivity index (χ4n) is 3.01. The van der Waals surface area contributed by atoms with E-state index in [-0.39, 0.29) is 29.6 Å². The third-order valence-electron chi connectivity index (χ3n) is 4.38. The maximum atomic E-state index is 12.0. The van der Waals surface area contributed by atoms with E-state index in [1.807, 2.05) is 6.08 Å². The monoisotopic (exact) mass is 332 g/mol. The van der Waals surface area contributed by atoms with Crippen LogP contribution in [0.3, 0.4) is 0 Å². The van der Waals surface area contributed by atoms with Gasteiger partial charge in [-0.3, -0.25) is 4.79 Å². The summed E-state index contributed by atoms with van der Waals surface area (Å²) in [5.41, 5.74) is 0. The standard InChI is InChI=1S/C18H30O4.Na/c1-2-3-4-5-6-7-8-11-14-22-18(21)16-13-10-9-12-15(16)17(19)20;/h11,14-16H,2-10,12-13H2,1H3,(H,19,20);/q;+1/p-1/b14-11+;. The van der Waals surface area contributed by atoms with Gasteiger partial charge in [0.25, 0.3) is 0 Å². The smallest absolute Gasteiger partial charge is 0.550 e. The van der Waals surface area contributed by atoms with Crippen molar-refractivity contribution in [3.63, 3.8) is 0 Å². The molecule has 0 saturated heterocycles. The summed E-state index contributed by atoms with van der Waals surface area (Å²) in [6, 6.07) is 0. The Labute approximate surface area is 162 Å². The van der Waals surface area contributed by atoms with Gasteiger partial charge in [-0.15, -0.1) is 0 Å². The van der Waals surface area contributed by atoms with Gasteiger partial charge >= 0.3 is 35.5 Å². The number of carboxylic acids is 1. The normalized spacial score (nSPS) is 20.9. The van der Waals surface area contributed by atoms with Crippen LogP contribution in [0.1, 0.15) is 77.6 Å². The molecule has 0 N–H and O–H groups in total. The molecule has 0 heterocycles. The van der Waals surface area contributed by atoms with Crippen LogP contribution in [0.25, 0.3) is 0 Å². The van der Waals surface area contributed by atoms with Crippen molar-refractivity contribution in [1.82, 2.24) is 0 Å². The molecular formula is C18H29NaO4. The van der Waals surface area contributed by atoms with Crippen LogP contribution in [0.2, 0.25) is 0 Å². The zero-order chi connectivity index (χ0) is 16.2. The van der Waals surface area contributed by atoms with Crippen molar-refractivity contribution < 1.29 is 49.0 Å². The number of hydrogen-bond donors (Lipinski definition) is 0. The topological polar surface area (TPSA) is 66.4 Å². The molecule has 5 heteroatoms. The summed E-state index contributed by atoms with van der Waals surface area (Å²) in [6.07, 6.45) is 14.4. The van der Waals surface area contributed by atoms with Gasteiger partial charge in [-0.1, -0.05) is 51.9 Å². The molecule has 1 rings (SSSR count). The minimum Gasteiger partial charge on any atom is -0.550 e. The number of rotatable bonds is 10. The van der Waals surface area contributed by atoms with Crippen LogP contribution in [0.4, 0.5) is 0 Å².